The van der Waals surface area contributed by atoms with Crippen molar-refractivity contribution in [1.29, 1.82) is 0 Å². The molecule has 0 aliphatic heterocycles. The minimum Gasteiger partial charge on any atom is -0.493 e. The minimum atomic E-state index is -0.793. The number of methoxy groups -OCH3 is 2. The topological polar surface area (TPSA) is 170 Å². The van der Waals surface area contributed by atoms with E-state index < -0.39 is 11.9 Å². The van der Waals surface area contributed by atoms with Gasteiger partial charge in [-0.2, -0.15) is 0 Å². The van der Waals surface area contributed by atoms with Gasteiger partial charge in [0.05, 0.1) is 30.9 Å². The van der Waals surface area contributed by atoms with Gasteiger partial charge >= 0.3 is 6.03 Å². The average Bonchev–Trinajstić information content (AvgIpc) is 2.80. The van der Waals surface area contributed by atoms with Crippen LogP contribution >= 0.6 is 0 Å². The fourth-order valence-corrected chi connectivity index (χ4v) is 2.34. The smallest absolute Gasteiger partial charge is 0.357 e. The van der Waals surface area contributed by atoms with Gasteiger partial charge in [0.25, 0.3) is 5.91 Å². The van der Waals surface area contributed by atoms with Crippen LogP contribution in [0.1, 0.15) is 5.56 Å². The molecule has 0 bridgehead atoms. The van der Waals surface area contributed by atoms with Crippen LogP contribution in [0, 0.1) is 4.91 Å². The van der Waals surface area contributed by atoms with E-state index in [2.05, 4.69) is 5.29 Å². The Kier molecular flexibility index (Phi) is 7.41. The van der Waals surface area contributed by atoms with Crippen LogP contribution in [0.25, 0.3) is 6.08 Å². The summed E-state index contributed by atoms with van der Waals surface area (Å²) in [6.45, 7) is 0. The number of nitrogens with two attached hydrogens (primary N) is 3. The first-order valence-electron chi connectivity index (χ1n) is 8.38. The lowest BCUT2D eigenvalue weighted by Crippen LogP contribution is -2.50. The number of carbonyl (C=O) groups is 2. The Bertz CT molecular complexity index is 948. The van der Waals surface area contributed by atoms with Crippen LogP contribution < -0.4 is 37.0 Å². The number of hydrogen-bond acceptors (Lipinski definition) is 9. The molecular formula is C18H21N7O5. The number of anilines is 2. The van der Waals surface area contributed by atoms with Crippen molar-refractivity contribution in [1.82, 2.24) is 5.12 Å². The Balaban J connectivity index is 2.13. The van der Waals surface area contributed by atoms with Crippen LogP contribution in [-0.2, 0) is 4.79 Å². The summed E-state index contributed by atoms with van der Waals surface area (Å²) in [7, 11) is 2.95. The molecule has 0 saturated heterocycles. The molecule has 158 valence electrons. The van der Waals surface area contributed by atoms with E-state index in [0.717, 1.165) is 16.1 Å². The molecule has 30 heavy (non-hydrogen) atoms. The second-order valence-corrected chi connectivity index (χ2v) is 5.75. The predicted molar refractivity (Wildman–Crippen MR) is 111 cm³/mol. The number of nitroso groups, excluding NO2 is 1. The van der Waals surface area contributed by atoms with Crippen molar-refractivity contribution in [2.45, 2.75) is 0 Å². The predicted octanol–water partition coefficient (Wildman–Crippen LogP) is 1.28. The first-order chi connectivity index (χ1) is 14.3. The number of urea groups is 1. The van der Waals surface area contributed by atoms with Crippen LogP contribution in [0.4, 0.5) is 16.2 Å². The molecule has 12 nitrogen and oxygen atoms in total. The molecule has 0 aliphatic rings. The molecule has 0 radical (unpaired) electrons. The fraction of sp³-hybridized carbons (Fsp3) is 0.111. The molecule has 0 atom stereocenters. The monoisotopic (exact) mass is 415 g/mol. The van der Waals surface area contributed by atoms with Crippen LogP contribution in [0.5, 0.6) is 11.5 Å². The molecular weight excluding hydrogens is 394 g/mol. The van der Waals surface area contributed by atoms with Gasteiger partial charge in [-0.05, 0) is 35.9 Å². The molecule has 6 N–H and O–H groups in total. The number of rotatable bonds is 7. The van der Waals surface area contributed by atoms with Gasteiger partial charge in [-0.15, -0.1) is 10.0 Å². The molecule has 0 fully saturated rings. The van der Waals surface area contributed by atoms with E-state index in [9.17, 15) is 14.5 Å². The number of nitrogens with zero attached hydrogens (tertiary/aromatic N) is 4. The van der Waals surface area contributed by atoms with Crippen molar-refractivity contribution in [3.05, 3.63) is 59.0 Å². The maximum absolute atomic E-state index is 12.6. The van der Waals surface area contributed by atoms with Crippen LogP contribution in [-0.4, -0.2) is 31.3 Å². The molecule has 0 heterocycles. The lowest BCUT2D eigenvalue weighted by molar-refractivity contribution is -0.126. The van der Waals surface area contributed by atoms with E-state index in [0.29, 0.717) is 28.4 Å². The molecule has 0 saturated carbocycles. The molecule has 0 aliphatic carbocycles. The maximum atomic E-state index is 12.6. The summed E-state index contributed by atoms with van der Waals surface area (Å²) in [6.07, 6.45) is 2.49. The van der Waals surface area contributed by atoms with Gasteiger partial charge in [-0.1, -0.05) is 12.1 Å². The molecule has 0 unspecified atom stereocenters. The Morgan fingerprint density at radius 1 is 0.900 bits per heavy atom. The van der Waals surface area contributed by atoms with Crippen LogP contribution in [0.2, 0.25) is 0 Å². The second kappa shape index (κ2) is 9.97. The molecule has 2 aromatic carbocycles. The van der Waals surface area contributed by atoms with E-state index in [4.69, 9.17) is 27.0 Å². The van der Waals surface area contributed by atoms with Crippen LogP contribution in [0.3, 0.4) is 0 Å². The number of ether oxygens (including phenoxy) is 2. The Morgan fingerprint density at radius 2 is 1.47 bits per heavy atom. The van der Waals surface area contributed by atoms with Gasteiger partial charge in [0, 0.05) is 12.1 Å². The van der Waals surface area contributed by atoms with Gasteiger partial charge in [-0.3, -0.25) is 4.79 Å². The average molecular weight is 415 g/mol. The Hall–Kier alpha value is -4.00. The lowest BCUT2D eigenvalue weighted by Gasteiger charge is -2.24. The number of hydrazine groups is 3. The highest BCUT2D eigenvalue weighted by Gasteiger charge is 2.20. The Labute approximate surface area is 171 Å². The molecule has 0 aromatic heterocycles. The van der Waals surface area contributed by atoms with Gasteiger partial charge in [-0.25, -0.2) is 32.3 Å². The fourth-order valence-electron chi connectivity index (χ4n) is 2.34. The van der Waals surface area contributed by atoms with Crippen molar-refractivity contribution >= 4 is 29.4 Å². The van der Waals surface area contributed by atoms with E-state index in [1.165, 1.54) is 26.4 Å². The lowest BCUT2D eigenvalue weighted by atomic mass is 10.2. The molecule has 2 rings (SSSR count). The van der Waals surface area contributed by atoms with Crippen molar-refractivity contribution in [3.8, 4) is 11.5 Å². The summed E-state index contributed by atoms with van der Waals surface area (Å²) in [5, 5.41) is 4.16. The number of amides is 3. The van der Waals surface area contributed by atoms with E-state index in [-0.39, 0.29) is 5.12 Å². The first kappa shape index (κ1) is 22.3. The zero-order valence-electron chi connectivity index (χ0n) is 16.3. The summed E-state index contributed by atoms with van der Waals surface area (Å²) in [4.78, 5) is 34.2. The number of hydrogen-bond donors (Lipinski definition) is 3. The normalized spacial score (nSPS) is 10.4. The van der Waals surface area contributed by atoms with Crippen molar-refractivity contribution in [3.63, 3.8) is 0 Å². The van der Waals surface area contributed by atoms with Crippen molar-refractivity contribution < 1.29 is 19.1 Å². The summed E-state index contributed by atoms with van der Waals surface area (Å²) in [5.74, 6) is 16.9. The van der Waals surface area contributed by atoms with E-state index >= 15 is 0 Å². The minimum absolute atomic E-state index is 0.162. The maximum Gasteiger partial charge on any atom is 0.357 e. The van der Waals surface area contributed by atoms with Crippen molar-refractivity contribution in [2.75, 3.05) is 24.2 Å². The highest BCUT2D eigenvalue weighted by molar-refractivity contribution is 6.02. The third-order valence-corrected chi connectivity index (χ3v) is 3.96. The van der Waals surface area contributed by atoms with Crippen LogP contribution in [0.15, 0.2) is 53.8 Å². The van der Waals surface area contributed by atoms with Gasteiger partial charge in [0.1, 0.15) is 0 Å². The highest BCUT2D eigenvalue weighted by Crippen LogP contribution is 2.31. The highest BCUT2D eigenvalue weighted by atomic mass is 16.5. The number of carbonyl (C=O) groups excluding carboxylic acids is 2. The standard InChI is InChI=1S/C18H21N7O5/c1-29-15-9-8-14(11-16(15)30-2)24(20)18(27)23(19)13-6-3-12(4-7-13)5-10-17(26)25(21)22-28/h3-11H,19-21H2,1-2H3/b10-5+. The largest absolute Gasteiger partial charge is 0.493 e. The summed E-state index contributed by atoms with van der Waals surface area (Å²) in [6, 6.07) is 10.3. The summed E-state index contributed by atoms with van der Waals surface area (Å²) < 4.78 is 10.4. The zero-order chi connectivity index (χ0) is 22.3. The third kappa shape index (κ3) is 5.08. The number of benzene rings is 2. The second-order valence-electron chi connectivity index (χ2n) is 5.75. The summed E-state index contributed by atoms with van der Waals surface area (Å²) >= 11 is 0. The van der Waals surface area contributed by atoms with Gasteiger partial charge in [0.2, 0.25) is 0 Å². The van der Waals surface area contributed by atoms with Crippen molar-refractivity contribution in [2.24, 2.45) is 22.8 Å². The van der Waals surface area contributed by atoms with Gasteiger partial charge in [0.15, 0.2) is 11.5 Å². The molecule has 0 spiro atoms. The first-order valence-corrected chi connectivity index (χ1v) is 8.38. The van der Waals surface area contributed by atoms with E-state index in [1.807, 2.05) is 0 Å². The molecule has 2 aromatic rings. The third-order valence-electron chi connectivity index (χ3n) is 3.96. The summed E-state index contributed by atoms with van der Waals surface area (Å²) in [5.41, 5.74) is 1.27. The van der Waals surface area contributed by atoms with E-state index in [1.54, 1.807) is 36.4 Å². The van der Waals surface area contributed by atoms with Gasteiger partial charge < -0.3 is 9.47 Å². The Morgan fingerprint density at radius 3 is 2.03 bits per heavy atom. The molecule has 3 amide bonds. The quantitative estimate of drug-likeness (QED) is 0.200. The zero-order valence-corrected chi connectivity index (χ0v) is 16.3. The SMILES string of the molecule is COc1ccc(N(N)C(=O)N(N)c2ccc(/C=C/C(=O)N(N)N=O)cc2)cc1OC. The molecule has 12 heteroatoms.